The number of hydrogen-bond donors (Lipinski definition) is 2. The number of hydrazine groups is 1. The van der Waals surface area contributed by atoms with Gasteiger partial charge in [0.15, 0.2) is 5.78 Å². The molecule has 4 amide bonds. The van der Waals surface area contributed by atoms with E-state index in [-0.39, 0.29) is 40.6 Å². The normalized spacial score (nSPS) is 26.5. The largest absolute Gasteiger partial charge is 0.508 e. The van der Waals surface area contributed by atoms with Gasteiger partial charge >= 0.3 is 0 Å². The number of phenols is 1. The minimum absolute atomic E-state index is 0.0236. The van der Waals surface area contributed by atoms with Gasteiger partial charge in [-0.1, -0.05) is 47.0 Å². The van der Waals surface area contributed by atoms with Crippen LogP contribution in [0, 0.1) is 29.5 Å². The Kier molecular flexibility index (Phi) is 8.08. The van der Waals surface area contributed by atoms with Crippen molar-refractivity contribution in [3.05, 3.63) is 135 Å². The summed E-state index contributed by atoms with van der Waals surface area (Å²) < 4.78 is 13.8. The molecule has 52 heavy (non-hydrogen) atoms. The average Bonchev–Trinajstić information content (AvgIpc) is 3.51. The van der Waals surface area contributed by atoms with E-state index in [0.29, 0.717) is 27.4 Å². The molecule has 4 aliphatic rings. The molecule has 4 aromatic carbocycles. The molecule has 6 atom stereocenters. The first-order valence-electron chi connectivity index (χ1n) is 16.8. The van der Waals surface area contributed by atoms with Gasteiger partial charge in [0.25, 0.3) is 11.8 Å². The van der Waals surface area contributed by atoms with E-state index in [1.165, 1.54) is 43.3 Å². The van der Waals surface area contributed by atoms with E-state index in [1.807, 2.05) is 6.08 Å². The number of amides is 4. The summed E-state index contributed by atoms with van der Waals surface area (Å²) in [7, 11) is 0. The van der Waals surface area contributed by atoms with E-state index in [4.69, 9.17) is 23.2 Å². The van der Waals surface area contributed by atoms with Gasteiger partial charge in [-0.15, -0.1) is 0 Å². The Bertz CT molecular complexity index is 2230. The van der Waals surface area contributed by atoms with Crippen LogP contribution in [0.5, 0.6) is 5.75 Å². The highest BCUT2D eigenvalue weighted by Crippen LogP contribution is 2.65. The number of fused-ring (bicyclic) bond motifs is 4. The topological polar surface area (TPSA) is 124 Å². The van der Waals surface area contributed by atoms with Gasteiger partial charge < -0.3 is 5.11 Å². The van der Waals surface area contributed by atoms with E-state index in [2.05, 4.69) is 5.43 Å². The number of aromatic hydroxyl groups is 1. The zero-order valence-electron chi connectivity index (χ0n) is 27.6. The molecule has 8 rings (SSSR count). The Morgan fingerprint density at radius 1 is 0.846 bits per heavy atom. The van der Waals surface area contributed by atoms with E-state index >= 15 is 4.79 Å². The highest BCUT2D eigenvalue weighted by Gasteiger charge is 2.70. The summed E-state index contributed by atoms with van der Waals surface area (Å²) in [6.45, 7) is 1.43. The van der Waals surface area contributed by atoms with E-state index in [9.17, 15) is 28.7 Å². The van der Waals surface area contributed by atoms with Crippen molar-refractivity contribution in [3.8, 4) is 5.75 Å². The Balaban J connectivity index is 1.31. The predicted molar refractivity (Wildman–Crippen MR) is 191 cm³/mol. The highest BCUT2D eigenvalue weighted by atomic mass is 35.5. The lowest BCUT2D eigenvalue weighted by atomic mass is 9.49. The number of anilines is 2. The molecular formula is C40H30Cl2FN3O6. The molecule has 0 radical (unpaired) electrons. The molecule has 2 aliphatic carbocycles. The number of Topliss-reactive ketones (excluding diaryl/α,β-unsaturated/α-hetero) is 1. The number of nitrogens with one attached hydrogen (secondary N) is 1. The molecule has 1 saturated carbocycles. The lowest BCUT2D eigenvalue weighted by Crippen LogP contribution is -2.53. The molecule has 9 nitrogen and oxygen atoms in total. The molecule has 6 unspecified atom stereocenters. The van der Waals surface area contributed by atoms with Crippen LogP contribution in [0.3, 0.4) is 0 Å². The van der Waals surface area contributed by atoms with Crippen molar-refractivity contribution in [1.82, 2.24) is 5.01 Å². The van der Waals surface area contributed by atoms with Gasteiger partial charge in [-0.3, -0.25) is 34.3 Å². The van der Waals surface area contributed by atoms with Gasteiger partial charge in [-0.05, 0) is 110 Å². The maximum Gasteiger partial charge on any atom is 0.260 e. The Hall–Kier alpha value is -5.32. The van der Waals surface area contributed by atoms with Crippen LogP contribution < -0.4 is 10.3 Å². The summed E-state index contributed by atoms with van der Waals surface area (Å²) in [5, 5.41) is 13.1. The second-order valence-electron chi connectivity index (χ2n) is 13.7. The maximum atomic E-state index is 15.2. The molecule has 2 heterocycles. The van der Waals surface area contributed by atoms with Crippen LogP contribution in [-0.2, 0) is 24.6 Å². The van der Waals surface area contributed by atoms with Crippen molar-refractivity contribution < 1.29 is 33.5 Å². The zero-order valence-corrected chi connectivity index (χ0v) is 29.1. The Labute approximate surface area is 307 Å². The first-order valence-corrected chi connectivity index (χ1v) is 17.5. The first kappa shape index (κ1) is 33.8. The number of rotatable bonds is 6. The van der Waals surface area contributed by atoms with Crippen molar-refractivity contribution >= 4 is 64.0 Å². The summed E-state index contributed by atoms with van der Waals surface area (Å²) in [6, 6.07) is 22.6. The van der Waals surface area contributed by atoms with Crippen molar-refractivity contribution in [3.63, 3.8) is 0 Å². The molecule has 3 fully saturated rings. The number of ketones is 1. The van der Waals surface area contributed by atoms with Crippen LogP contribution in [-0.4, -0.2) is 39.5 Å². The van der Waals surface area contributed by atoms with Crippen molar-refractivity contribution in [2.75, 3.05) is 10.3 Å². The summed E-state index contributed by atoms with van der Waals surface area (Å²) in [5.41, 5.74) is 3.63. The smallest absolute Gasteiger partial charge is 0.260 e. The average molecular weight is 739 g/mol. The lowest BCUT2D eigenvalue weighted by molar-refractivity contribution is -0.138. The van der Waals surface area contributed by atoms with Crippen LogP contribution in [0.15, 0.2) is 103 Å². The van der Waals surface area contributed by atoms with Crippen LogP contribution in [0.25, 0.3) is 0 Å². The second-order valence-corrected chi connectivity index (χ2v) is 14.6. The highest BCUT2D eigenvalue weighted by molar-refractivity contribution is 6.31. The van der Waals surface area contributed by atoms with Gasteiger partial charge in [0.2, 0.25) is 11.8 Å². The van der Waals surface area contributed by atoms with Crippen molar-refractivity contribution in [1.29, 1.82) is 0 Å². The molecule has 4 aromatic rings. The van der Waals surface area contributed by atoms with Gasteiger partial charge in [0.05, 0.1) is 34.5 Å². The van der Waals surface area contributed by atoms with Crippen LogP contribution >= 0.6 is 23.2 Å². The fourth-order valence-electron chi connectivity index (χ4n) is 8.86. The molecule has 2 saturated heterocycles. The SMILES string of the molecule is CC(=O)c1ccc(N2C(=O)C3CC=C4C(CC5C(=O)N(Nc6ccc(F)cc6)C(=O)C5(c5ccc(Cl)cc5)C4c4cc(Cl)ccc4O)C3C2=O)cc1. The van der Waals surface area contributed by atoms with Crippen molar-refractivity contribution in [2.45, 2.75) is 31.1 Å². The first-order chi connectivity index (χ1) is 24.9. The molecule has 2 N–H and O–H groups in total. The number of nitrogens with zero attached hydrogens (tertiary/aromatic N) is 2. The molecular weight excluding hydrogens is 708 g/mol. The molecule has 2 aliphatic heterocycles. The number of allylic oxidation sites excluding steroid dienone is 2. The Morgan fingerprint density at radius 3 is 2.19 bits per heavy atom. The van der Waals surface area contributed by atoms with Gasteiger partial charge in [0.1, 0.15) is 11.6 Å². The quantitative estimate of drug-likeness (QED) is 0.122. The van der Waals surface area contributed by atoms with Crippen LogP contribution in [0.2, 0.25) is 10.0 Å². The Morgan fingerprint density at radius 2 is 1.52 bits per heavy atom. The number of halogens is 3. The maximum absolute atomic E-state index is 15.2. The lowest BCUT2D eigenvalue weighted by Gasteiger charge is -2.50. The standard InChI is InChI=1S/C40H30Cl2FN3O6/c1-20(47)21-2-13-27(14-3-21)45-36(49)29-16-15-28-30(34(29)38(45)51)19-32-37(50)46(44-26-11-9-25(43)10-12-26)39(52)40(32,22-4-6-23(41)7-5-22)35(28)31-18-24(42)8-17-33(31)48/h2-15,17-18,29-30,32,34-35,44,48H,16,19H2,1H3. The van der Waals surface area contributed by atoms with Crippen molar-refractivity contribution in [2.24, 2.45) is 23.7 Å². The number of phenolic OH excluding ortho intramolecular Hbond substituents is 1. The summed E-state index contributed by atoms with van der Waals surface area (Å²) in [5.74, 6) is -7.31. The van der Waals surface area contributed by atoms with Gasteiger partial charge in [0, 0.05) is 27.1 Å². The predicted octanol–water partition coefficient (Wildman–Crippen LogP) is 7.23. The van der Waals surface area contributed by atoms with Gasteiger partial charge in [-0.2, -0.15) is 5.01 Å². The van der Waals surface area contributed by atoms with Crippen LogP contribution in [0.4, 0.5) is 15.8 Å². The van der Waals surface area contributed by atoms with Crippen LogP contribution in [0.1, 0.15) is 47.2 Å². The summed E-state index contributed by atoms with van der Waals surface area (Å²) >= 11 is 12.9. The third-order valence-electron chi connectivity index (χ3n) is 11.1. The summed E-state index contributed by atoms with van der Waals surface area (Å²) in [6.07, 6.45) is 2.06. The molecule has 0 bridgehead atoms. The molecule has 262 valence electrons. The summed E-state index contributed by atoms with van der Waals surface area (Å²) in [4.78, 5) is 71.5. The third kappa shape index (κ3) is 4.99. The number of benzene rings is 4. The number of carbonyl (C=O) groups excluding carboxylic acids is 5. The molecule has 12 heteroatoms. The number of imide groups is 2. The number of carbonyl (C=O) groups is 5. The molecule has 0 aromatic heterocycles. The van der Waals surface area contributed by atoms with Gasteiger partial charge in [-0.25, -0.2) is 4.39 Å². The number of hydrogen-bond acceptors (Lipinski definition) is 7. The fraction of sp³-hybridized carbons (Fsp3) is 0.225. The second kappa shape index (κ2) is 12.4. The zero-order chi connectivity index (χ0) is 36.6. The van der Waals surface area contributed by atoms with E-state index < -0.39 is 64.5 Å². The monoisotopic (exact) mass is 737 g/mol. The minimum atomic E-state index is -1.67. The fourth-order valence-corrected chi connectivity index (χ4v) is 9.16. The molecule has 0 spiro atoms. The minimum Gasteiger partial charge on any atom is -0.508 e. The third-order valence-corrected chi connectivity index (χ3v) is 11.6. The van der Waals surface area contributed by atoms with E-state index in [0.717, 1.165) is 9.91 Å². The van der Waals surface area contributed by atoms with E-state index in [1.54, 1.807) is 54.6 Å².